The largest absolute Gasteiger partial charge is 0.497 e. The van der Waals surface area contributed by atoms with Crippen molar-refractivity contribution >= 4 is 0 Å². The average molecular weight is 311 g/mol. The second-order valence-corrected chi connectivity index (χ2v) is 4.89. The van der Waals surface area contributed by atoms with Crippen LogP contribution < -0.4 is 9.47 Å². The highest BCUT2D eigenvalue weighted by atomic mass is 16.5. The number of ether oxygens (including phenoxy) is 2. The molecule has 0 bridgehead atoms. The molecule has 0 saturated carbocycles. The summed E-state index contributed by atoms with van der Waals surface area (Å²) in [5.41, 5.74) is 2.37. The summed E-state index contributed by atoms with van der Waals surface area (Å²) in [6, 6.07) is 11.2. The topological polar surface area (TPSA) is 70.3 Å². The minimum absolute atomic E-state index is 0.418. The third kappa shape index (κ3) is 3.15. The summed E-state index contributed by atoms with van der Waals surface area (Å²) in [5.74, 6) is 2.10. The van der Waals surface area contributed by atoms with Crippen LogP contribution in [0.3, 0.4) is 0 Å². The van der Waals surface area contributed by atoms with E-state index in [-0.39, 0.29) is 0 Å². The summed E-state index contributed by atoms with van der Waals surface area (Å²) in [4.78, 5) is 8.83. The van der Waals surface area contributed by atoms with Crippen LogP contribution in [-0.2, 0) is 0 Å². The van der Waals surface area contributed by atoms with Gasteiger partial charge in [-0.15, -0.1) is 0 Å². The summed E-state index contributed by atoms with van der Waals surface area (Å²) >= 11 is 0. The van der Waals surface area contributed by atoms with Crippen molar-refractivity contribution in [1.82, 2.24) is 15.1 Å². The molecule has 0 N–H and O–H groups in total. The number of hydrogen-bond donors (Lipinski definition) is 0. The molecular formula is C17H17N3O3. The van der Waals surface area contributed by atoms with E-state index in [1.807, 2.05) is 50.2 Å². The Morgan fingerprint density at radius 3 is 2.78 bits per heavy atom. The molecule has 0 amide bonds. The Hall–Kier alpha value is -2.89. The Bertz CT molecular complexity index is 814. The number of aromatic nitrogens is 3. The predicted octanol–water partition coefficient (Wildman–Crippen LogP) is 3.51. The van der Waals surface area contributed by atoms with Gasteiger partial charge in [0, 0.05) is 11.3 Å². The number of aryl methyl sites for hydroxylation is 1. The van der Waals surface area contributed by atoms with Crippen LogP contribution in [0.1, 0.15) is 12.6 Å². The van der Waals surface area contributed by atoms with Gasteiger partial charge in [0.1, 0.15) is 5.75 Å². The van der Waals surface area contributed by atoms with Crippen LogP contribution in [0.4, 0.5) is 0 Å². The zero-order valence-electron chi connectivity index (χ0n) is 13.2. The van der Waals surface area contributed by atoms with E-state index in [1.54, 1.807) is 7.11 Å². The van der Waals surface area contributed by atoms with Gasteiger partial charge in [-0.1, -0.05) is 11.2 Å². The number of rotatable bonds is 5. The summed E-state index contributed by atoms with van der Waals surface area (Å²) < 4.78 is 16.2. The van der Waals surface area contributed by atoms with E-state index >= 15 is 0 Å². The Balaban J connectivity index is 1.99. The molecule has 6 nitrogen and oxygen atoms in total. The van der Waals surface area contributed by atoms with Gasteiger partial charge in [0.2, 0.25) is 11.7 Å². The van der Waals surface area contributed by atoms with Crippen molar-refractivity contribution in [2.45, 2.75) is 13.8 Å². The van der Waals surface area contributed by atoms with Gasteiger partial charge in [0.25, 0.3) is 5.89 Å². The average Bonchev–Trinajstić information content (AvgIpc) is 3.05. The summed E-state index contributed by atoms with van der Waals surface area (Å²) in [5, 5.41) is 4.04. The molecule has 2 heterocycles. The maximum absolute atomic E-state index is 5.57. The quantitative estimate of drug-likeness (QED) is 0.718. The van der Waals surface area contributed by atoms with Crippen LogP contribution in [-0.4, -0.2) is 28.8 Å². The van der Waals surface area contributed by atoms with Crippen molar-refractivity contribution in [3.63, 3.8) is 0 Å². The first-order chi connectivity index (χ1) is 11.2. The van der Waals surface area contributed by atoms with Gasteiger partial charge >= 0.3 is 0 Å². The molecule has 1 aromatic carbocycles. The zero-order valence-corrected chi connectivity index (χ0v) is 13.2. The van der Waals surface area contributed by atoms with Crippen LogP contribution in [0.15, 0.2) is 40.9 Å². The molecule has 0 aliphatic carbocycles. The van der Waals surface area contributed by atoms with E-state index in [4.69, 9.17) is 14.0 Å². The highest BCUT2D eigenvalue weighted by Gasteiger charge is 2.16. The maximum Gasteiger partial charge on any atom is 0.258 e. The Morgan fingerprint density at radius 1 is 1.13 bits per heavy atom. The molecule has 118 valence electrons. The first-order valence-corrected chi connectivity index (χ1v) is 7.30. The smallest absolute Gasteiger partial charge is 0.258 e. The van der Waals surface area contributed by atoms with E-state index in [1.165, 1.54) is 0 Å². The third-order valence-corrected chi connectivity index (χ3v) is 3.26. The fourth-order valence-electron chi connectivity index (χ4n) is 2.16. The van der Waals surface area contributed by atoms with Crippen LogP contribution in [0.25, 0.3) is 22.8 Å². The van der Waals surface area contributed by atoms with Crippen LogP contribution >= 0.6 is 0 Å². The Labute approximate surface area is 134 Å². The monoisotopic (exact) mass is 311 g/mol. The third-order valence-electron chi connectivity index (χ3n) is 3.26. The minimum Gasteiger partial charge on any atom is -0.497 e. The van der Waals surface area contributed by atoms with Crippen molar-refractivity contribution in [2.24, 2.45) is 0 Å². The van der Waals surface area contributed by atoms with Gasteiger partial charge in [-0.3, -0.25) is 0 Å². The van der Waals surface area contributed by atoms with E-state index in [2.05, 4.69) is 15.1 Å². The fraction of sp³-hybridized carbons (Fsp3) is 0.235. The molecule has 0 saturated heterocycles. The summed E-state index contributed by atoms with van der Waals surface area (Å²) in [7, 11) is 1.62. The highest BCUT2D eigenvalue weighted by Crippen LogP contribution is 2.29. The lowest BCUT2D eigenvalue weighted by Crippen LogP contribution is -1.98. The van der Waals surface area contributed by atoms with E-state index < -0.39 is 0 Å². The van der Waals surface area contributed by atoms with Gasteiger partial charge in [-0.05, 0) is 44.2 Å². The van der Waals surface area contributed by atoms with Crippen molar-refractivity contribution in [3.8, 4) is 34.5 Å². The minimum atomic E-state index is 0.418. The van der Waals surface area contributed by atoms with Gasteiger partial charge in [-0.2, -0.15) is 4.98 Å². The maximum atomic E-state index is 5.57. The zero-order chi connectivity index (χ0) is 16.2. The highest BCUT2D eigenvalue weighted by molar-refractivity contribution is 5.64. The molecular weight excluding hydrogens is 294 g/mol. The van der Waals surface area contributed by atoms with Crippen molar-refractivity contribution in [3.05, 3.63) is 42.1 Å². The molecule has 0 aliphatic heterocycles. The lowest BCUT2D eigenvalue weighted by atomic mass is 10.2. The second kappa shape index (κ2) is 6.48. The van der Waals surface area contributed by atoms with Gasteiger partial charge in [0.05, 0.1) is 19.3 Å². The number of benzene rings is 1. The number of methoxy groups -OCH3 is 1. The van der Waals surface area contributed by atoms with Crippen LogP contribution in [0.5, 0.6) is 11.6 Å². The number of pyridine rings is 1. The second-order valence-electron chi connectivity index (χ2n) is 4.89. The molecule has 3 rings (SSSR count). The standard InChI is InChI=1S/C17H17N3O3/c1-4-22-17-14(9-8-11(2)18-17)15-19-16(23-20-15)12-6-5-7-13(10-12)21-3/h5-10H,4H2,1-3H3. The van der Waals surface area contributed by atoms with Gasteiger partial charge in [0.15, 0.2) is 0 Å². The fourth-order valence-corrected chi connectivity index (χ4v) is 2.16. The first-order valence-electron chi connectivity index (χ1n) is 7.30. The SMILES string of the molecule is CCOc1nc(C)ccc1-c1noc(-c2cccc(OC)c2)n1. The molecule has 0 radical (unpaired) electrons. The van der Waals surface area contributed by atoms with E-state index in [0.717, 1.165) is 17.0 Å². The first kappa shape index (κ1) is 15.0. The molecule has 0 aliphatic rings. The molecule has 0 unspecified atom stereocenters. The molecule has 3 aromatic rings. The van der Waals surface area contributed by atoms with Crippen molar-refractivity contribution < 1.29 is 14.0 Å². The summed E-state index contributed by atoms with van der Waals surface area (Å²) in [6.45, 7) is 4.33. The van der Waals surface area contributed by atoms with Crippen molar-refractivity contribution in [1.29, 1.82) is 0 Å². The Kier molecular flexibility index (Phi) is 4.23. The number of hydrogen-bond acceptors (Lipinski definition) is 6. The molecule has 2 aromatic heterocycles. The van der Waals surface area contributed by atoms with Crippen LogP contribution in [0.2, 0.25) is 0 Å². The van der Waals surface area contributed by atoms with E-state index in [9.17, 15) is 0 Å². The van der Waals surface area contributed by atoms with Gasteiger partial charge in [-0.25, -0.2) is 4.98 Å². The molecule has 0 atom stereocenters. The lowest BCUT2D eigenvalue weighted by Gasteiger charge is -2.06. The van der Waals surface area contributed by atoms with Crippen molar-refractivity contribution in [2.75, 3.05) is 13.7 Å². The normalized spacial score (nSPS) is 10.6. The molecule has 0 spiro atoms. The molecule has 23 heavy (non-hydrogen) atoms. The Morgan fingerprint density at radius 2 is 2.00 bits per heavy atom. The van der Waals surface area contributed by atoms with E-state index in [0.29, 0.717) is 29.8 Å². The lowest BCUT2D eigenvalue weighted by molar-refractivity contribution is 0.327. The van der Waals surface area contributed by atoms with Crippen LogP contribution in [0, 0.1) is 6.92 Å². The molecule has 6 heteroatoms. The predicted molar refractivity (Wildman–Crippen MR) is 85.4 cm³/mol. The molecule has 0 fully saturated rings. The van der Waals surface area contributed by atoms with Gasteiger partial charge < -0.3 is 14.0 Å². The number of nitrogens with zero attached hydrogens (tertiary/aromatic N) is 3. The summed E-state index contributed by atoms with van der Waals surface area (Å²) in [6.07, 6.45) is 0.